The fourth-order valence-corrected chi connectivity index (χ4v) is 3.61. The van der Waals surface area contributed by atoms with Crippen LogP contribution in [0.3, 0.4) is 0 Å². The third-order valence-corrected chi connectivity index (χ3v) is 5.26. The lowest BCUT2D eigenvalue weighted by atomic mass is 9.62. The molecule has 0 saturated carbocycles. The monoisotopic (exact) mass is 294 g/mol. The van der Waals surface area contributed by atoms with Crippen molar-refractivity contribution >= 4 is 0 Å². The van der Waals surface area contributed by atoms with Crippen molar-refractivity contribution in [3.8, 4) is 16.9 Å². The van der Waals surface area contributed by atoms with Crippen molar-refractivity contribution in [2.75, 3.05) is 7.11 Å². The van der Waals surface area contributed by atoms with E-state index in [1.165, 1.54) is 35.1 Å². The molecule has 0 N–H and O–H groups in total. The second-order valence-corrected chi connectivity index (χ2v) is 7.73. The summed E-state index contributed by atoms with van der Waals surface area (Å²) in [5.41, 5.74) is 5.78. The molecular weight excluding hydrogens is 268 g/mol. The van der Waals surface area contributed by atoms with Crippen LogP contribution >= 0.6 is 0 Å². The summed E-state index contributed by atoms with van der Waals surface area (Å²) in [5.74, 6) is 0.982. The molecule has 0 aromatic heterocycles. The molecule has 1 aliphatic carbocycles. The Morgan fingerprint density at radius 1 is 0.818 bits per heavy atom. The highest BCUT2D eigenvalue weighted by molar-refractivity contribution is 5.73. The molecule has 0 amide bonds. The molecule has 116 valence electrons. The molecule has 1 nitrogen and oxygen atoms in total. The third kappa shape index (κ3) is 2.43. The number of benzene rings is 2. The molecule has 0 fully saturated rings. The average Bonchev–Trinajstić information content (AvgIpc) is 2.52. The zero-order chi connectivity index (χ0) is 16.0. The van der Waals surface area contributed by atoms with Gasteiger partial charge < -0.3 is 4.74 Å². The quantitative estimate of drug-likeness (QED) is 0.689. The number of methoxy groups -OCH3 is 1. The minimum atomic E-state index is 0.216. The van der Waals surface area contributed by atoms with E-state index in [4.69, 9.17) is 4.74 Å². The number of hydrogen-bond acceptors (Lipinski definition) is 1. The van der Waals surface area contributed by atoms with E-state index in [0.717, 1.165) is 5.75 Å². The standard InChI is InChI=1S/C21H26O/c1-20(2)11-12-21(3,4)18-14-19(22-5)16(13-17(18)20)15-9-7-6-8-10-15/h6-10,13-14H,11-12H2,1-5H3. The Labute approximate surface area is 134 Å². The lowest BCUT2D eigenvalue weighted by molar-refractivity contribution is 0.329. The number of fused-ring (bicyclic) bond motifs is 1. The van der Waals surface area contributed by atoms with Gasteiger partial charge in [-0.25, -0.2) is 0 Å². The highest BCUT2D eigenvalue weighted by atomic mass is 16.5. The molecule has 2 aromatic rings. The predicted molar refractivity (Wildman–Crippen MR) is 93.7 cm³/mol. The Morgan fingerprint density at radius 2 is 1.36 bits per heavy atom. The van der Waals surface area contributed by atoms with Gasteiger partial charge in [0.1, 0.15) is 5.75 Å². The molecule has 0 heterocycles. The predicted octanol–water partition coefficient (Wildman–Crippen LogP) is 5.71. The van der Waals surface area contributed by atoms with Crippen LogP contribution in [0.25, 0.3) is 11.1 Å². The summed E-state index contributed by atoms with van der Waals surface area (Å²) in [7, 11) is 1.77. The van der Waals surface area contributed by atoms with Gasteiger partial charge >= 0.3 is 0 Å². The van der Waals surface area contributed by atoms with Gasteiger partial charge in [0.05, 0.1) is 7.11 Å². The zero-order valence-electron chi connectivity index (χ0n) is 14.4. The van der Waals surface area contributed by atoms with Crippen LogP contribution in [0.4, 0.5) is 0 Å². The Kier molecular flexibility index (Phi) is 3.55. The molecule has 3 rings (SSSR count). The first kappa shape index (κ1) is 15.1. The molecular formula is C21H26O. The highest BCUT2D eigenvalue weighted by Gasteiger charge is 2.37. The van der Waals surface area contributed by atoms with Crippen LogP contribution in [0.1, 0.15) is 51.7 Å². The van der Waals surface area contributed by atoms with Gasteiger partial charge in [0.25, 0.3) is 0 Å². The van der Waals surface area contributed by atoms with Crippen molar-refractivity contribution in [1.29, 1.82) is 0 Å². The fraction of sp³-hybridized carbons (Fsp3) is 0.429. The number of hydrogen-bond donors (Lipinski definition) is 0. The molecule has 0 unspecified atom stereocenters. The van der Waals surface area contributed by atoms with Crippen LogP contribution in [0.2, 0.25) is 0 Å². The van der Waals surface area contributed by atoms with Gasteiger partial charge in [-0.1, -0.05) is 58.0 Å². The van der Waals surface area contributed by atoms with Crippen LogP contribution in [-0.2, 0) is 10.8 Å². The van der Waals surface area contributed by atoms with Crippen LogP contribution in [-0.4, -0.2) is 7.11 Å². The minimum absolute atomic E-state index is 0.216. The normalized spacial score (nSPS) is 18.6. The van der Waals surface area contributed by atoms with Crippen LogP contribution in [0, 0.1) is 0 Å². The summed E-state index contributed by atoms with van der Waals surface area (Å²) < 4.78 is 5.73. The van der Waals surface area contributed by atoms with Crippen LogP contribution in [0.5, 0.6) is 5.75 Å². The largest absolute Gasteiger partial charge is 0.496 e. The number of rotatable bonds is 2. The van der Waals surface area contributed by atoms with E-state index < -0.39 is 0 Å². The fourth-order valence-electron chi connectivity index (χ4n) is 3.61. The molecule has 0 spiro atoms. The van der Waals surface area contributed by atoms with E-state index in [1.54, 1.807) is 7.11 Å². The molecule has 0 saturated heterocycles. The van der Waals surface area contributed by atoms with Gasteiger partial charge in [0, 0.05) is 5.56 Å². The molecule has 1 aliphatic rings. The third-order valence-electron chi connectivity index (χ3n) is 5.26. The van der Waals surface area contributed by atoms with Crippen molar-refractivity contribution < 1.29 is 4.74 Å². The van der Waals surface area contributed by atoms with Gasteiger partial charge in [-0.15, -0.1) is 0 Å². The molecule has 0 bridgehead atoms. The molecule has 1 heteroatoms. The maximum absolute atomic E-state index is 5.73. The number of ether oxygens (including phenoxy) is 1. The second-order valence-electron chi connectivity index (χ2n) is 7.73. The van der Waals surface area contributed by atoms with Gasteiger partial charge in [0.2, 0.25) is 0 Å². The van der Waals surface area contributed by atoms with E-state index in [1.807, 2.05) is 0 Å². The minimum Gasteiger partial charge on any atom is -0.496 e. The Morgan fingerprint density at radius 3 is 1.91 bits per heavy atom. The maximum atomic E-state index is 5.73. The SMILES string of the molecule is COc1cc2c(cc1-c1ccccc1)C(C)(C)CCC2(C)C. The first-order valence-electron chi connectivity index (χ1n) is 8.13. The van der Waals surface area contributed by atoms with E-state index >= 15 is 0 Å². The first-order valence-corrected chi connectivity index (χ1v) is 8.13. The second kappa shape index (κ2) is 5.15. The smallest absolute Gasteiger partial charge is 0.126 e. The molecule has 0 radical (unpaired) electrons. The summed E-state index contributed by atoms with van der Waals surface area (Å²) in [6.45, 7) is 9.43. The summed E-state index contributed by atoms with van der Waals surface area (Å²) >= 11 is 0. The van der Waals surface area contributed by atoms with Gasteiger partial charge in [-0.3, -0.25) is 0 Å². The lowest BCUT2D eigenvalue weighted by Gasteiger charge is -2.42. The zero-order valence-corrected chi connectivity index (χ0v) is 14.4. The summed E-state index contributed by atoms with van der Waals surface area (Å²) in [4.78, 5) is 0. The summed E-state index contributed by atoms with van der Waals surface area (Å²) in [6, 6.07) is 15.2. The van der Waals surface area contributed by atoms with Gasteiger partial charge in [-0.2, -0.15) is 0 Å². The topological polar surface area (TPSA) is 9.23 Å². The lowest BCUT2D eigenvalue weighted by Crippen LogP contribution is -2.33. The first-order chi connectivity index (χ1) is 10.3. The summed E-state index contributed by atoms with van der Waals surface area (Å²) in [5, 5.41) is 0. The van der Waals surface area contributed by atoms with Crippen LogP contribution in [0.15, 0.2) is 42.5 Å². The van der Waals surface area contributed by atoms with Crippen molar-refractivity contribution in [3.05, 3.63) is 53.6 Å². The molecule has 0 atom stereocenters. The van der Waals surface area contributed by atoms with Crippen molar-refractivity contribution in [2.24, 2.45) is 0 Å². The van der Waals surface area contributed by atoms with Gasteiger partial charge in [0.15, 0.2) is 0 Å². The molecule has 0 aliphatic heterocycles. The van der Waals surface area contributed by atoms with E-state index in [9.17, 15) is 0 Å². The maximum Gasteiger partial charge on any atom is 0.126 e. The van der Waals surface area contributed by atoms with Crippen molar-refractivity contribution in [1.82, 2.24) is 0 Å². The van der Waals surface area contributed by atoms with Gasteiger partial charge in [-0.05, 0) is 52.5 Å². The summed E-state index contributed by atoms with van der Waals surface area (Å²) in [6.07, 6.45) is 2.45. The Bertz CT molecular complexity index is 681. The highest BCUT2D eigenvalue weighted by Crippen LogP contribution is 2.49. The van der Waals surface area contributed by atoms with Crippen LogP contribution < -0.4 is 4.74 Å². The van der Waals surface area contributed by atoms with E-state index in [0.29, 0.717) is 0 Å². The van der Waals surface area contributed by atoms with Crippen molar-refractivity contribution in [3.63, 3.8) is 0 Å². The average molecular weight is 294 g/mol. The van der Waals surface area contributed by atoms with E-state index in [-0.39, 0.29) is 10.8 Å². The van der Waals surface area contributed by atoms with Crippen molar-refractivity contribution in [2.45, 2.75) is 51.4 Å². The molecule has 22 heavy (non-hydrogen) atoms. The Hall–Kier alpha value is -1.76. The molecule has 2 aromatic carbocycles. The van der Waals surface area contributed by atoms with E-state index in [2.05, 4.69) is 70.2 Å². The Balaban J connectivity index is 2.27.